The van der Waals surface area contributed by atoms with Crippen LogP contribution in [0.2, 0.25) is 10.0 Å². The zero-order valence-electron chi connectivity index (χ0n) is 16.7. The van der Waals surface area contributed by atoms with Crippen molar-refractivity contribution in [1.29, 1.82) is 0 Å². The maximum absolute atomic E-state index is 13.0. The predicted octanol–water partition coefficient (Wildman–Crippen LogP) is 5.67. The molecule has 0 atom stereocenters. The van der Waals surface area contributed by atoms with Gasteiger partial charge in [0.25, 0.3) is 5.91 Å². The molecule has 3 amide bonds. The van der Waals surface area contributed by atoms with E-state index in [4.69, 9.17) is 23.2 Å². The van der Waals surface area contributed by atoms with E-state index in [1.807, 2.05) is 0 Å². The van der Waals surface area contributed by atoms with Crippen LogP contribution in [0.15, 0.2) is 77.3 Å². The molecule has 0 unspecified atom stereocenters. The molecule has 0 fully saturated rings. The quantitative estimate of drug-likeness (QED) is 0.288. The third kappa shape index (κ3) is 5.36. The first-order chi connectivity index (χ1) is 15.8. The van der Waals surface area contributed by atoms with Gasteiger partial charge in [-0.05, 0) is 60.7 Å². The number of amides is 3. The van der Waals surface area contributed by atoms with Crippen LogP contribution in [0.5, 0.6) is 0 Å². The average molecular weight is 546 g/mol. The van der Waals surface area contributed by atoms with Crippen molar-refractivity contribution in [3.8, 4) is 0 Å². The van der Waals surface area contributed by atoms with E-state index in [2.05, 4.69) is 32.0 Å². The zero-order chi connectivity index (χ0) is 23.5. The number of carbonyl (C=O) groups is 3. The lowest BCUT2D eigenvalue weighted by Gasteiger charge is -2.13. The largest absolute Gasteiger partial charge is 0.328 e. The van der Waals surface area contributed by atoms with Crippen molar-refractivity contribution in [1.82, 2.24) is 4.68 Å². The van der Waals surface area contributed by atoms with E-state index in [-0.39, 0.29) is 5.69 Å². The number of hydrogen-bond acceptors (Lipinski definition) is 3. The van der Waals surface area contributed by atoms with Crippen LogP contribution in [-0.2, 0) is 9.59 Å². The van der Waals surface area contributed by atoms with E-state index in [1.54, 1.807) is 66.7 Å². The SMILES string of the molecule is O=C(Nc1cccc(Cl)c1)C(=O)Nn1c(C(=O)Nc2cccc(Cl)c2)cc2cc(Br)ccc21. The van der Waals surface area contributed by atoms with Crippen LogP contribution in [0.3, 0.4) is 0 Å². The molecular formula is C23H15BrCl2N4O3. The smallest absolute Gasteiger partial charge is 0.321 e. The number of nitrogens with one attached hydrogen (secondary N) is 3. The van der Waals surface area contributed by atoms with Crippen molar-refractivity contribution in [3.05, 3.63) is 93.0 Å². The minimum Gasteiger partial charge on any atom is -0.321 e. The highest BCUT2D eigenvalue weighted by Crippen LogP contribution is 2.24. The Labute approximate surface area is 206 Å². The van der Waals surface area contributed by atoms with Crippen molar-refractivity contribution in [2.45, 2.75) is 0 Å². The van der Waals surface area contributed by atoms with Gasteiger partial charge in [-0.15, -0.1) is 0 Å². The maximum atomic E-state index is 13.0. The summed E-state index contributed by atoms with van der Waals surface area (Å²) < 4.78 is 2.06. The summed E-state index contributed by atoms with van der Waals surface area (Å²) in [6, 6.07) is 19.9. The van der Waals surface area contributed by atoms with E-state index >= 15 is 0 Å². The summed E-state index contributed by atoms with van der Waals surface area (Å²) in [4.78, 5) is 38.1. The molecule has 0 saturated carbocycles. The number of halogens is 3. The van der Waals surface area contributed by atoms with E-state index in [9.17, 15) is 14.4 Å². The van der Waals surface area contributed by atoms with E-state index < -0.39 is 17.7 Å². The molecule has 33 heavy (non-hydrogen) atoms. The number of benzene rings is 3. The molecule has 7 nitrogen and oxygen atoms in total. The van der Waals surface area contributed by atoms with Gasteiger partial charge in [0.1, 0.15) is 5.69 Å². The molecule has 1 heterocycles. The fourth-order valence-electron chi connectivity index (χ4n) is 3.14. The Morgan fingerprint density at radius 1 is 0.758 bits per heavy atom. The van der Waals surface area contributed by atoms with Gasteiger partial charge in [-0.1, -0.05) is 51.3 Å². The predicted molar refractivity (Wildman–Crippen MR) is 133 cm³/mol. The minimum absolute atomic E-state index is 0.118. The summed E-state index contributed by atoms with van der Waals surface area (Å²) >= 11 is 15.3. The number of nitrogens with zero attached hydrogens (tertiary/aromatic N) is 1. The number of carbonyl (C=O) groups excluding carboxylic acids is 3. The van der Waals surface area contributed by atoms with Gasteiger partial charge >= 0.3 is 11.8 Å². The molecule has 0 aliphatic carbocycles. The number of rotatable bonds is 4. The van der Waals surface area contributed by atoms with Crippen LogP contribution < -0.4 is 16.1 Å². The number of aromatic nitrogens is 1. The van der Waals surface area contributed by atoms with Crippen molar-refractivity contribution < 1.29 is 14.4 Å². The Morgan fingerprint density at radius 3 is 2.03 bits per heavy atom. The summed E-state index contributed by atoms with van der Waals surface area (Å²) in [5.74, 6) is -2.38. The van der Waals surface area contributed by atoms with Gasteiger partial charge in [-0.3, -0.25) is 19.8 Å². The minimum atomic E-state index is -0.966. The second-order valence-corrected chi connectivity index (χ2v) is 8.73. The van der Waals surface area contributed by atoms with Gasteiger partial charge in [0.2, 0.25) is 0 Å². The van der Waals surface area contributed by atoms with Crippen LogP contribution in [-0.4, -0.2) is 22.4 Å². The first-order valence-electron chi connectivity index (χ1n) is 9.56. The zero-order valence-corrected chi connectivity index (χ0v) is 19.8. The lowest BCUT2D eigenvalue weighted by Crippen LogP contribution is -2.36. The Bertz CT molecular complexity index is 1400. The summed E-state index contributed by atoms with van der Waals surface area (Å²) in [6.45, 7) is 0. The Balaban J connectivity index is 1.63. The fraction of sp³-hybridized carbons (Fsp3) is 0. The molecule has 1 aromatic heterocycles. The van der Waals surface area contributed by atoms with Gasteiger partial charge in [0, 0.05) is 31.3 Å². The summed E-state index contributed by atoms with van der Waals surface area (Å²) in [5, 5.41) is 6.77. The van der Waals surface area contributed by atoms with Crippen LogP contribution in [0.1, 0.15) is 10.5 Å². The number of fused-ring (bicyclic) bond motifs is 1. The molecular weight excluding hydrogens is 531 g/mol. The molecule has 3 N–H and O–H groups in total. The highest BCUT2D eigenvalue weighted by Gasteiger charge is 2.21. The number of hydrogen-bond donors (Lipinski definition) is 3. The molecule has 0 bridgehead atoms. The third-order valence-electron chi connectivity index (χ3n) is 4.58. The standard InChI is InChI=1S/C23H15BrCl2N4O3/c24-14-7-8-19-13(9-14)10-20(21(31)27-17-5-1-3-15(25)11-17)30(19)29-23(33)22(32)28-18-6-2-4-16(26)12-18/h1-12H,(H,27,31)(H,28,32)(H,29,33). The van der Waals surface area contributed by atoms with Crippen LogP contribution in [0.4, 0.5) is 11.4 Å². The van der Waals surface area contributed by atoms with Gasteiger partial charge in [0.15, 0.2) is 0 Å². The first-order valence-corrected chi connectivity index (χ1v) is 11.1. The fourth-order valence-corrected chi connectivity index (χ4v) is 3.90. The van der Waals surface area contributed by atoms with Crippen molar-refractivity contribution in [2.24, 2.45) is 0 Å². The second kappa shape index (κ2) is 9.66. The van der Waals surface area contributed by atoms with Crippen molar-refractivity contribution >= 4 is 79.1 Å². The Hall–Kier alpha value is -3.33. The third-order valence-corrected chi connectivity index (χ3v) is 5.54. The van der Waals surface area contributed by atoms with Crippen LogP contribution in [0.25, 0.3) is 10.9 Å². The van der Waals surface area contributed by atoms with Crippen molar-refractivity contribution in [2.75, 3.05) is 16.1 Å². The Morgan fingerprint density at radius 2 is 1.39 bits per heavy atom. The Kier molecular flexibility index (Phi) is 6.69. The monoisotopic (exact) mass is 544 g/mol. The molecule has 4 aromatic rings. The molecule has 0 aliphatic heterocycles. The van der Waals surface area contributed by atoms with Gasteiger partial charge in [-0.25, -0.2) is 4.68 Å². The molecule has 3 aromatic carbocycles. The second-order valence-electron chi connectivity index (χ2n) is 6.94. The van der Waals surface area contributed by atoms with Crippen molar-refractivity contribution in [3.63, 3.8) is 0 Å². The highest BCUT2D eigenvalue weighted by atomic mass is 79.9. The average Bonchev–Trinajstić information content (AvgIpc) is 3.11. The van der Waals surface area contributed by atoms with Gasteiger partial charge in [0.05, 0.1) is 5.52 Å². The van der Waals surface area contributed by atoms with Crippen LogP contribution in [0, 0.1) is 0 Å². The summed E-state index contributed by atoms with van der Waals surface area (Å²) in [5.41, 5.74) is 3.99. The number of anilines is 2. The van der Waals surface area contributed by atoms with Gasteiger partial charge in [-0.2, -0.15) is 0 Å². The van der Waals surface area contributed by atoms with E-state index in [0.717, 1.165) is 4.47 Å². The lowest BCUT2D eigenvalue weighted by atomic mass is 10.2. The molecule has 166 valence electrons. The van der Waals surface area contributed by atoms with Crippen LogP contribution >= 0.6 is 39.1 Å². The normalized spacial score (nSPS) is 10.6. The molecule has 0 radical (unpaired) electrons. The summed E-state index contributed by atoms with van der Waals surface area (Å²) in [7, 11) is 0. The van der Waals surface area contributed by atoms with E-state index in [1.165, 1.54) is 10.7 Å². The first kappa shape index (κ1) is 22.8. The molecule has 0 saturated heterocycles. The van der Waals surface area contributed by atoms with E-state index in [0.29, 0.717) is 32.3 Å². The molecule has 0 spiro atoms. The topological polar surface area (TPSA) is 92.2 Å². The maximum Gasteiger partial charge on any atom is 0.328 e. The highest BCUT2D eigenvalue weighted by molar-refractivity contribution is 9.10. The lowest BCUT2D eigenvalue weighted by molar-refractivity contribution is -0.133. The summed E-state index contributed by atoms with van der Waals surface area (Å²) in [6.07, 6.45) is 0. The molecule has 10 heteroatoms. The molecule has 0 aliphatic rings. The molecule has 4 rings (SSSR count). The van der Waals surface area contributed by atoms with Gasteiger partial charge < -0.3 is 10.6 Å².